The van der Waals surface area contributed by atoms with Crippen LogP contribution in [0.3, 0.4) is 0 Å². The Hall–Kier alpha value is -3.13. The van der Waals surface area contributed by atoms with Crippen LogP contribution in [0.15, 0.2) is 58.4 Å². The molecule has 0 N–H and O–H groups in total. The number of nitrogens with zero attached hydrogens (tertiary/aromatic N) is 3. The summed E-state index contributed by atoms with van der Waals surface area (Å²) in [4.78, 5) is 29.4. The van der Waals surface area contributed by atoms with Crippen LogP contribution in [0.5, 0.6) is 5.75 Å². The summed E-state index contributed by atoms with van der Waals surface area (Å²) >= 11 is 1.43. The molecule has 8 heteroatoms. The van der Waals surface area contributed by atoms with Crippen molar-refractivity contribution in [3.8, 4) is 5.75 Å². The van der Waals surface area contributed by atoms with Crippen LogP contribution in [-0.4, -0.2) is 34.0 Å². The number of amidine groups is 1. The van der Waals surface area contributed by atoms with Gasteiger partial charge in [-0.15, -0.1) is 0 Å². The monoisotopic (exact) mass is 409 g/mol. The van der Waals surface area contributed by atoms with Gasteiger partial charge in [0.2, 0.25) is 0 Å². The van der Waals surface area contributed by atoms with Crippen LogP contribution in [0.2, 0.25) is 0 Å². The van der Waals surface area contributed by atoms with Crippen molar-refractivity contribution in [1.82, 2.24) is 4.90 Å². The van der Waals surface area contributed by atoms with Gasteiger partial charge in [-0.1, -0.05) is 12.1 Å². The molecule has 1 amide bonds. The summed E-state index contributed by atoms with van der Waals surface area (Å²) in [5.74, 6) is 0.500. The third-order valence-electron chi connectivity index (χ3n) is 4.72. The molecule has 0 unspecified atom stereocenters. The lowest BCUT2D eigenvalue weighted by molar-refractivity contribution is -0.384. The number of carbonyl (C=O) groups excluding carboxylic acids is 1. The van der Waals surface area contributed by atoms with E-state index in [0.717, 1.165) is 42.2 Å². The molecule has 0 bridgehead atoms. The van der Waals surface area contributed by atoms with Crippen molar-refractivity contribution in [1.29, 1.82) is 0 Å². The van der Waals surface area contributed by atoms with Crippen LogP contribution in [0.25, 0.3) is 6.08 Å². The van der Waals surface area contributed by atoms with Gasteiger partial charge in [-0.2, -0.15) is 4.99 Å². The average Bonchev–Trinajstić information content (AvgIpc) is 3.38. The molecule has 2 aliphatic heterocycles. The Morgan fingerprint density at radius 3 is 2.45 bits per heavy atom. The van der Waals surface area contributed by atoms with E-state index < -0.39 is 4.92 Å². The summed E-state index contributed by atoms with van der Waals surface area (Å²) < 4.78 is 5.73. The number of nitro benzene ring substituents is 1. The smallest absolute Gasteiger partial charge is 0.286 e. The number of hydrogen-bond donors (Lipinski definition) is 0. The Labute approximate surface area is 172 Å². The van der Waals surface area contributed by atoms with Gasteiger partial charge in [0.1, 0.15) is 12.4 Å². The van der Waals surface area contributed by atoms with E-state index in [0.29, 0.717) is 17.3 Å². The van der Waals surface area contributed by atoms with Crippen molar-refractivity contribution < 1.29 is 14.5 Å². The maximum atomic E-state index is 12.2. The van der Waals surface area contributed by atoms with E-state index in [1.165, 1.54) is 23.9 Å². The van der Waals surface area contributed by atoms with Crippen LogP contribution in [0.4, 0.5) is 5.69 Å². The molecule has 4 rings (SSSR count). The molecule has 0 aliphatic carbocycles. The largest absolute Gasteiger partial charge is 0.489 e. The topological polar surface area (TPSA) is 85.0 Å². The third-order valence-corrected chi connectivity index (χ3v) is 5.76. The zero-order valence-corrected chi connectivity index (χ0v) is 16.4. The molecule has 1 fully saturated rings. The minimum Gasteiger partial charge on any atom is -0.489 e. The molecular formula is C21H19N3O4S. The highest BCUT2D eigenvalue weighted by Gasteiger charge is 2.27. The summed E-state index contributed by atoms with van der Waals surface area (Å²) in [6.07, 6.45) is 4.14. The second kappa shape index (κ2) is 8.48. The summed E-state index contributed by atoms with van der Waals surface area (Å²) in [6, 6.07) is 13.7. The fourth-order valence-electron chi connectivity index (χ4n) is 3.13. The normalized spacial score (nSPS) is 17.7. The van der Waals surface area contributed by atoms with Crippen molar-refractivity contribution in [3.05, 3.63) is 74.7 Å². The molecule has 29 heavy (non-hydrogen) atoms. The molecule has 0 saturated carbocycles. The Morgan fingerprint density at radius 2 is 1.79 bits per heavy atom. The summed E-state index contributed by atoms with van der Waals surface area (Å²) in [5.41, 5.74) is 1.81. The lowest BCUT2D eigenvalue weighted by atomic mass is 10.2. The number of thioether (sulfide) groups is 1. The van der Waals surface area contributed by atoms with Crippen molar-refractivity contribution in [3.63, 3.8) is 0 Å². The van der Waals surface area contributed by atoms with Crippen LogP contribution >= 0.6 is 11.8 Å². The van der Waals surface area contributed by atoms with Crippen LogP contribution < -0.4 is 4.74 Å². The Bertz CT molecular complexity index is 978. The van der Waals surface area contributed by atoms with Crippen LogP contribution in [0.1, 0.15) is 24.0 Å². The summed E-state index contributed by atoms with van der Waals surface area (Å²) in [5, 5.41) is 11.5. The van der Waals surface area contributed by atoms with Crippen molar-refractivity contribution in [2.45, 2.75) is 19.4 Å². The number of rotatable bonds is 5. The number of aliphatic imine (C=N–C) groups is 1. The van der Waals surface area contributed by atoms with E-state index in [9.17, 15) is 14.9 Å². The minimum atomic E-state index is -0.426. The highest BCUT2D eigenvalue weighted by atomic mass is 32.2. The first-order valence-electron chi connectivity index (χ1n) is 9.32. The lowest BCUT2D eigenvalue weighted by Crippen LogP contribution is -2.23. The van der Waals surface area contributed by atoms with Gasteiger partial charge in [0, 0.05) is 25.2 Å². The SMILES string of the molecule is O=C1N=C(N2CCCC2)S/C1=C/c1ccc(OCc2ccc([N+](=O)[O-])cc2)cc1. The molecule has 2 aromatic carbocycles. The van der Waals surface area contributed by atoms with E-state index in [1.807, 2.05) is 30.3 Å². The quantitative estimate of drug-likeness (QED) is 0.417. The molecule has 148 valence electrons. The molecule has 2 heterocycles. The highest BCUT2D eigenvalue weighted by molar-refractivity contribution is 8.18. The average molecular weight is 409 g/mol. The number of likely N-dealkylation sites (tertiary alicyclic amines) is 1. The molecule has 1 saturated heterocycles. The van der Waals surface area contributed by atoms with E-state index in [2.05, 4.69) is 9.89 Å². The van der Waals surface area contributed by atoms with Crippen molar-refractivity contribution in [2.24, 2.45) is 4.99 Å². The zero-order chi connectivity index (χ0) is 20.2. The number of carbonyl (C=O) groups is 1. The van der Waals surface area contributed by atoms with Gasteiger partial charge >= 0.3 is 0 Å². The van der Waals surface area contributed by atoms with Crippen LogP contribution in [-0.2, 0) is 11.4 Å². The first-order chi connectivity index (χ1) is 14.1. The van der Waals surface area contributed by atoms with Gasteiger partial charge in [0.05, 0.1) is 9.83 Å². The summed E-state index contributed by atoms with van der Waals surface area (Å²) in [7, 11) is 0. The van der Waals surface area contributed by atoms with Gasteiger partial charge in [-0.05, 0) is 66.1 Å². The van der Waals surface area contributed by atoms with Gasteiger partial charge in [-0.3, -0.25) is 14.9 Å². The van der Waals surface area contributed by atoms with Gasteiger partial charge in [0.25, 0.3) is 11.6 Å². The van der Waals surface area contributed by atoms with Crippen molar-refractivity contribution >= 4 is 34.6 Å². The maximum absolute atomic E-state index is 12.2. The van der Waals surface area contributed by atoms with Gasteiger partial charge in [-0.25, -0.2) is 0 Å². The van der Waals surface area contributed by atoms with E-state index in [4.69, 9.17) is 4.74 Å². The predicted molar refractivity (Wildman–Crippen MR) is 113 cm³/mol. The Morgan fingerprint density at radius 1 is 1.10 bits per heavy atom. The predicted octanol–water partition coefficient (Wildman–Crippen LogP) is 4.24. The number of benzene rings is 2. The van der Waals surface area contributed by atoms with E-state index >= 15 is 0 Å². The van der Waals surface area contributed by atoms with Gasteiger partial charge in [0.15, 0.2) is 5.17 Å². The summed E-state index contributed by atoms with van der Waals surface area (Å²) in [6.45, 7) is 2.25. The number of ether oxygens (including phenoxy) is 1. The first kappa shape index (κ1) is 19.2. The Kier molecular flexibility index (Phi) is 5.62. The lowest BCUT2D eigenvalue weighted by Gasteiger charge is -2.14. The molecule has 0 aromatic heterocycles. The zero-order valence-electron chi connectivity index (χ0n) is 15.6. The second-order valence-electron chi connectivity index (χ2n) is 6.79. The second-order valence-corrected chi connectivity index (χ2v) is 7.79. The third kappa shape index (κ3) is 4.65. The Balaban J connectivity index is 1.35. The number of hydrogen-bond acceptors (Lipinski definition) is 6. The molecule has 7 nitrogen and oxygen atoms in total. The molecule has 0 atom stereocenters. The van der Waals surface area contributed by atoms with Crippen LogP contribution in [0, 0.1) is 10.1 Å². The highest BCUT2D eigenvalue weighted by Crippen LogP contribution is 2.31. The molecule has 0 radical (unpaired) electrons. The standard InChI is InChI=1S/C21H19N3O4S/c25-20-19(29-21(22-20)23-11-1-2-12-23)13-15-5-9-18(10-6-15)28-14-16-3-7-17(8-4-16)24(26)27/h3-10,13H,1-2,11-12,14H2/b19-13+. The molecule has 0 spiro atoms. The number of non-ortho nitro benzene ring substituents is 1. The molecule has 2 aromatic rings. The molecule has 2 aliphatic rings. The first-order valence-corrected chi connectivity index (χ1v) is 10.1. The fraction of sp³-hybridized carbons (Fsp3) is 0.238. The number of amides is 1. The molecular weight excluding hydrogens is 390 g/mol. The van der Waals surface area contributed by atoms with Gasteiger partial charge < -0.3 is 9.64 Å². The number of nitro groups is 1. The fourth-order valence-corrected chi connectivity index (χ4v) is 4.10. The van der Waals surface area contributed by atoms with E-state index in [1.54, 1.807) is 12.1 Å². The minimum absolute atomic E-state index is 0.0577. The van der Waals surface area contributed by atoms with Crippen molar-refractivity contribution in [2.75, 3.05) is 13.1 Å². The van der Waals surface area contributed by atoms with E-state index in [-0.39, 0.29) is 11.6 Å². The maximum Gasteiger partial charge on any atom is 0.286 e.